The molecule has 0 spiro atoms. The number of methoxy groups -OCH3 is 1. The highest BCUT2D eigenvalue weighted by Crippen LogP contribution is 2.55. The molecule has 11 heteroatoms. The first-order chi connectivity index (χ1) is 17.7. The molecule has 1 aliphatic carbocycles. The van der Waals surface area contributed by atoms with Crippen LogP contribution in [0.1, 0.15) is 47.2 Å². The molecule has 0 radical (unpaired) electrons. The molecule has 37 heavy (non-hydrogen) atoms. The number of benzene rings is 2. The van der Waals surface area contributed by atoms with Gasteiger partial charge in [-0.1, -0.05) is 13.0 Å². The predicted octanol–water partition coefficient (Wildman–Crippen LogP) is 2.66. The number of carbonyl (C=O) groups is 2. The Balaban J connectivity index is 1.41. The molecule has 3 aliphatic rings. The minimum absolute atomic E-state index is 0.00274. The number of anilines is 1. The van der Waals surface area contributed by atoms with Crippen LogP contribution in [0.2, 0.25) is 0 Å². The minimum Gasteiger partial charge on any atom is -0.492 e. The molecule has 1 saturated carbocycles. The molecule has 0 aromatic heterocycles. The lowest BCUT2D eigenvalue weighted by atomic mass is 10.0. The maximum atomic E-state index is 14.1. The van der Waals surface area contributed by atoms with Gasteiger partial charge in [-0.15, -0.1) is 0 Å². The number of fused-ring (bicyclic) bond motifs is 3. The van der Waals surface area contributed by atoms with Crippen LogP contribution in [0, 0.1) is 11.7 Å². The van der Waals surface area contributed by atoms with E-state index >= 15 is 0 Å². The van der Waals surface area contributed by atoms with Crippen LogP contribution in [-0.4, -0.2) is 64.6 Å². The van der Waals surface area contributed by atoms with Gasteiger partial charge in [0.05, 0.1) is 30.7 Å². The van der Waals surface area contributed by atoms with Crippen LogP contribution in [0.4, 0.5) is 10.1 Å². The first-order valence-corrected chi connectivity index (χ1v) is 13.9. The molecule has 3 unspecified atom stereocenters. The van der Waals surface area contributed by atoms with Gasteiger partial charge in [0, 0.05) is 25.0 Å². The Morgan fingerprint density at radius 3 is 2.78 bits per heavy atom. The lowest BCUT2D eigenvalue weighted by molar-refractivity contribution is -0.121. The quantitative estimate of drug-likeness (QED) is 0.504. The van der Waals surface area contributed by atoms with Gasteiger partial charge in [0.15, 0.2) is 0 Å². The number of sulfonamides is 1. The van der Waals surface area contributed by atoms with Gasteiger partial charge in [-0.25, -0.2) is 17.6 Å². The molecule has 1 saturated heterocycles. The van der Waals surface area contributed by atoms with Gasteiger partial charge >= 0.3 is 5.97 Å². The smallest absolute Gasteiger partial charge is 0.343 e. The first kappa shape index (κ1) is 25.5. The molecule has 198 valence electrons. The molecular weight excluding hydrogens is 501 g/mol. The van der Waals surface area contributed by atoms with Crippen LogP contribution >= 0.6 is 0 Å². The van der Waals surface area contributed by atoms with Crippen molar-refractivity contribution >= 4 is 27.6 Å². The van der Waals surface area contributed by atoms with Crippen molar-refractivity contribution in [3.63, 3.8) is 0 Å². The molecule has 0 bridgehead atoms. The maximum Gasteiger partial charge on any atom is 0.343 e. The standard InChI is InChI=1S/C26H30FN3O6S/c1-3-30-9-8-18(13-30)28-23(31)12-15-10-17(27)4-7-22(15)37(33,34)29-21-6-5-19-20-11-16(20)14-36-25(19)24(21)26(32)35-2/h4-7,10,16,18,20,29H,3,8-9,11-14H2,1-2H3,(H,28,31). The summed E-state index contributed by atoms with van der Waals surface area (Å²) in [6.45, 7) is 4.97. The third-order valence-electron chi connectivity index (χ3n) is 7.33. The zero-order chi connectivity index (χ0) is 26.3. The number of likely N-dealkylation sites (N-methyl/N-ethyl adjacent to an activating group) is 1. The summed E-state index contributed by atoms with van der Waals surface area (Å²) in [5.41, 5.74) is 0.865. The number of hydrogen-bond donors (Lipinski definition) is 2. The molecule has 2 fully saturated rings. The number of ether oxygens (including phenoxy) is 2. The van der Waals surface area contributed by atoms with Gasteiger partial charge in [0.2, 0.25) is 5.91 Å². The fourth-order valence-electron chi connectivity index (χ4n) is 5.28. The van der Waals surface area contributed by atoms with Crippen molar-refractivity contribution in [2.75, 3.05) is 38.1 Å². The van der Waals surface area contributed by atoms with E-state index in [0.717, 1.165) is 56.2 Å². The number of rotatable bonds is 8. The van der Waals surface area contributed by atoms with Crippen molar-refractivity contribution in [3.05, 3.63) is 52.8 Å². The summed E-state index contributed by atoms with van der Waals surface area (Å²) < 4.78 is 54.3. The van der Waals surface area contributed by atoms with E-state index in [4.69, 9.17) is 9.47 Å². The highest BCUT2D eigenvalue weighted by atomic mass is 32.2. The minimum atomic E-state index is -4.31. The summed E-state index contributed by atoms with van der Waals surface area (Å²) in [5, 5.41) is 2.92. The topological polar surface area (TPSA) is 114 Å². The third kappa shape index (κ3) is 5.15. The number of likely N-dealkylation sites (tertiary alicyclic amines) is 1. The Bertz CT molecular complexity index is 1350. The highest BCUT2D eigenvalue weighted by Gasteiger charge is 2.45. The van der Waals surface area contributed by atoms with Gasteiger partial charge < -0.3 is 19.7 Å². The summed E-state index contributed by atoms with van der Waals surface area (Å²) in [6, 6.07) is 6.42. The second-order valence-electron chi connectivity index (χ2n) is 9.79. The molecule has 2 aliphatic heterocycles. The number of halogens is 1. The fourth-order valence-corrected chi connectivity index (χ4v) is 6.57. The van der Waals surface area contributed by atoms with Gasteiger partial charge in [-0.3, -0.25) is 9.52 Å². The largest absolute Gasteiger partial charge is 0.492 e. The van der Waals surface area contributed by atoms with E-state index in [1.54, 1.807) is 6.07 Å². The molecule has 1 amide bonds. The van der Waals surface area contributed by atoms with Crippen molar-refractivity contribution in [1.29, 1.82) is 0 Å². The van der Waals surface area contributed by atoms with E-state index in [0.29, 0.717) is 18.3 Å². The van der Waals surface area contributed by atoms with Crippen molar-refractivity contribution < 1.29 is 31.9 Å². The maximum absolute atomic E-state index is 14.1. The molecule has 2 aromatic rings. The second-order valence-corrected chi connectivity index (χ2v) is 11.4. The molecule has 3 atom stereocenters. The number of esters is 1. The van der Waals surface area contributed by atoms with Crippen LogP contribution in [-0.2, 0) is 26.0 Å². The van der Waals surface area contributed by atoms with Gasteiger partial charge in [-0.05, 0) is 60.7 Å². The first-order valence-electron chi connectivity index (χ1n) is 12.4. The normalized spacial score (nSPS) is 22.4. The number of nitrogens with one attached hydrogen (secondary N) is 2. The SMILES string of the molecule is CCN1CCC(NC(=O)Cc2cc(F)ccc2S(=O)(=O)Nc2ccc3c(c2C(=O)OC)OCC2CC32)C1. The van der Waals surface area contributed by atoms with Crippen molar-refractivity contribution in [2.45, 2.75) is 43.0 Å². The second kappa shape index (κ2) is 9.94. The number of nitrogens with zero attached hydrogens (tertiary/aromatic N) is 1. The van der Waals surface area contributed by atoms with E-state index in [-0.39, 0.29) is 46.0 Å². The van der Waals surface area contributed by atoms with E-state index in [1.165, 1.54) is 13.2 Å². The van der Waals surface area contributed by atoms with E-state index in [2.05, 4.69) is 14.9 Å². The summed E-state index contributed by atoms with van der Waals surface area (Å²) >= 11 is 0. The molecular formula is C26H30FN3O6S. The number of amides is 1. The van der Waals surface area contributed by atoms with E-state index < -0.39 is 21.8 Å². The average molecular weight is 532 g/mol. The monoisotopic (exact) mass is 531 g/mol. The number of hydrogen-bond acceptors (Lipinski definition) is 7. The Labute approximate surface area is 215 Å². The molecule has 2 N–H and O–H groups in total. The summed E-state index contributed by atoms with van der Waals surface area (Å²) in [7, 11) is -3.10. The average Bonchev–Trinajstić information content (AvgIpc) is 3.53. The Morgan fingerprint density at radius 1 is 1.24 bits per heavy atom. The van der Waals surface area contributed by atoms with Crippen molar-refractivity contribution in [2.24, 2.45) is 5.92 Å². The van der Waals surface area contributed by atoms with Gasteiger partial charge in [0.1, 0.15) is 17.1 Å². The van der Waals surface area contributed by atoms with Crippen LogP contribution < -0.4 is 14.8 Å². The van der Waals surface area contributed by atoms with Crippen molar-refractivity contribution in [1.82, 2.24) is 10.2 Å². The van der Waals surface area contributed by atoms with E-state index in [1.807, 2.05) is 6.92 Å². The summed E-state index contributed by atoms with van der Waals surface area (Å²) in [4.78, 5) is 27.4. The molecule has 2 aromatic carbocycles. The van der Waals surface area contributed by atoms with Gasteiger partial charge in [0.25, 0.3) is 10.0 Å². The van der Waals surface area contributed by atoms with Crippen LogP contribution in [0.3, 0.4) is 0 Å². The summed E-state index contributed by atoms with van der Waals surface area (Å²) in [6.07, 6.45) is 1.45. The molecule has 9 nitrogen and oxygen atoms in total. The highest BCUT2D eigenvalue weighted by molar-refractivity contribution is 7.92. The lowest BCUT2D eigenvalue weighted by Gasteiger charge is -2.22. The molecule has 2 heterocycles. The third-order valence-corrected chi connectivity index (χ3v) is 8.80. The van der Waals surface area contributed by atoms with Crippen LogP contribution in [0.15, 0.2) is 35.2 Å². The zero-order valence-electron chi connectivity index (χ0n) is 20.8. The Morgan fingerprint density at radius 2 is 2.05 bits per heavy atom. The Kier molecular flexibility index (Phi) is 6.84. The van der Waals surface area contributed by atoms with E-state index in [9.17, 15) is 22.4 Å². The van der Waals surface area contributed by atoms with Gasteiger partial charge in [-0.2, -0.15) is 0 Å². The molecule has 5 rings (SSSR count). The lowest BCUT2D eigenvalue weighted by Crippen LogP contribution is -2.38. The van der Waals surface area contributed by atoms with Crippen LogP contribution in [0.25, 0.3) is 0 Å². The number of carbonyl (C=O) groups excluding carboxylic acids is 2. The van der Waals surface area contributed by atoms with Crippen molar-refractivity contribution in [3.8, 4) is 5.75 Å². The predicted molar refractivity (Wildman–Crippen MR) is 134 cm³/mol. The zero-order valence-corrected chi connectivity index (χ0v) is 21.6. The fraction of sp³-hybridized carbons (Fsp3) is 0.462. The Hall–Kier alpha value is -3.18. The summed E-state index contributed by atoms with van der Waals surface area (Å²) in [5.74, 6) is -0.767. The van der Waals surface area contributed by atoms with Crippen LogP contribution in [0.5, 0.6) is 5.75 Å².